The minimum atomic E-state index is 1.04. The largest absolute Gasteiger partial charge is 0.288 e. The summed E-state index contributed by atoms with van der Waals surface area (Å²) >= 11 is 5.14. The molecule has 0 bridgehead atoms. The zero-order chi connectivity index (χ0) is 6.91. The van der Waals surface area contributed by atoms with Gasteiger partial charge in [0.1, 0.15) is 0 Å². The molecule has 1 aliphatic heterocycles. The van der Waals surface area contributed by atoms with Crippen molar-refractivity contribution in [3.05, 3.63) is 0 Å². The maximum Gasteiger partial charge on any atom is 0.170 e. The highest BCUT2D eigenvalue weighted by molar-refractivity contribution is 7.79. The lowest BCUT2D eigenvalue weighted by Gasteiger charge is -2.26. The fourth-order valence-electron chi connectivity index (χ4n) is 1.35. The third kappa shape index (κ3) is 1.30. The molecule has 1 fully saturated rings. The van der Waals surface area contributed by atoms with Gasteiger partial charge in [0, 0.05) is 19.8 Å². The van der Waals surface area contributed by atoms with Gasteiger partial charge < -0.3 is 0 Å². The fourth-order valence-corrected chi connectivity index (χ4v) is 1.53. The van der Waals surface area contributed by atoms with Crippen molar-refractivity contribution in [1.29, 1.82) is 0 Å². The number of likely N-dealkylation sites (tertiary alicyclic amines) is 1. The van der Waals surface area contributed by atoms with Crippen LogP contribution in [0.15, 0.2) is 0 Å². The molecule has 0 amide bonds. The Hall–Kier alpha value is 0.0500. The van der Waals surface area contributed by atoms with Crippen molar-refractivity contribution in [2.24, 2.45) is 0 Å². The third-order valence-corrected chi connectivity index (χ3v) is 2.75. The number of rotatable bonds is 0. The van der Waals surface area contributed by atoms with Gasteiger partial charge in [-0.25, -0.2) is 0 Å². The van der Waals surface area contributed by atoms with Gasteiger partial charge in [-0.3, -0.25) is 4.48 Å². The second kappa shape index (κ2) is 2.35. The second-order valence-corrected chi connectivity index (χ2v) is 3.66. The molecule has 1 heterocycles. The number of hydrogen-bond acceptors (Lipinski definition) is 1. The third-order valence-electron chi connectivity index (χ3n) is 2.31. The maximum absolute atomic E-state index is 5.14. The Morgan fingerprint density at radius 2 is 1.78 bits per heavy atom. The van der Waals surface area contributed by atoms with E-state index in [9.17, 15) is 0 Å². The first-order valence-electron chi connectivity index (χ1n) is 3.51. The van der Waals surface area contributed by atoms with E-state index >= 15 is 0 Å². The molecular formula is C7H14NS+. The molecule has 52 valence electrons. The van der Waals surface area contributed by atoms with Crippen LogP contribution in [0.3, 0.4) is 0 Å². The number of quaternary nitrogens is 1. The van der Waals surface area contributed by atoms with E-state index in [4.69, 9.17) is 12.2 Å². The summed E-state index contributed by atoms with van der Waals surface area (Å²) in [4.78, 5) is 1.15. The van der Waals surface area contributed by atoms with Crippen LogP contribution >= 0.6 is 12.2 Å². The Bertz CT molecular complexity index is 125. The summed E-state index contributed by atoms with van der Waals surface area (Å²) in [7, 11) is 2.23. The van der Waals surface area contributed by atoms with Gasteiger partial charge in [0.25, 0.3) is 0 Å². The smallest absolute Gasteiger partial charge is 0.170 e. The Balaban J connectivity index is 2.61. The monoisotopic (exact) mass is 144 g/mol. The van der Waals surface area contributed by atoms with Crippen molar-refractivity contribution < 1.29 is 4.48 Å². The molecule has 1 aliphatic rings. The van der Waals surface area contributed by atoms with Crippen molar-refractivity contribution in [3.63, 3.8) is 0 Å². The van der Waals surface area contributed by atoms with Gasteiger partial charge in [-0.05, 0) is 12.2 Å². The molecule has 9 heavy (non-hydrogen) atoms. The number of hydrogen-bond donors (Lipinski definition) is 0. The predicted octanol–water partition coefficient (Wildman–Crippen LogP) is 1.57. The lowest BCUT2D eigenvalue weighted by Crippen LogP contribution is -2.43. The molecule has 0 aromatic carbocycles. The van der Waals surface area contributed by atoms with Crippen LogP contribution in [0.1, 0.15) is 19.8 Å². The molecule has 0 aliphatic carbocycles. The summed E-state index contributed by atoms with van der Waals surface area (Å²) in [6.45, 7) is 4.57. The summed E-state index contributed by atoms with van der Waals surface area (Å²) in [5.41, 5.74) is 0. The van der Waals surface area contributed by atoms with E-state index in [1.165, 1.54) is 25.9 Å². The maximum atomic E-state index is 5.14. The normalized spacial score (nSPS) is 24.2. The standard InChI is InChI=1S/C7H14NS/c1-7(9)8(2)5-3-4-6-8/h3-6H2,1-2H3/q+1. The average Bonchev–Trinajstić information content (AvgIpc) is 2.16. The van der Waals surface area contributed by atoms with Crippen LogP contribution in [-0.2, 0) is 0 Å². The zero-order valence-corrected chi connectivity index (χ0v) is 7.00. The van der Waals surface area contributed by atoms with Crippen LogP contribution in [0.4, 0.5) is 0 Å². The van der Waals surface area contributed by atoms with Crippen molar-refractivity contribution in [1.82, 2.24) is 0 Å². The Labute approximate surface area is 62.3 Å². The highest BCUT2D eigenvalue weighted by Crippen LogP contribution is 2.16. The summed E-state index contributed by atoms with van der Waals surface area (Å²) in [6.07, 6.45) is 2.70. The van der Waals surface area contributed by atoms with Crippen LogP contribution in [0.5, 0.6) is 0 Å². The molecule has 0 spiro atoms. The predicted molar refractivity (Wildman–Crippen MR) is 43.4 cm³/mol. The minimum Gasteiger partial charge on any atom is -0.288 e. The molecular weight excluding hydrogens is 130 g/mol. The molecule has 0 saturated carbocycles. The number of nitrogens with zero attached hydrogens (tertiary/aromatic N) is 1. The van der Waals surface area contributed by atoms with Gasteiger partial charge >= 0.3 is 0 Å². The lowest BCUT2D eigenvalue weighted by molar-refractivity contribution is -0.805. The molecule has 1 saturated heterocycles. The van der Waals surface area contributed by atoms with E-state index in [1.54, 1.807) is 0 Å². The first kappa shape index (κ1) is 7.16. The lowest BCUT2D eigenvalue weighted by atomic mass is 10.4. The first-order valence-corrected chi connectivity index (χ1v) is 3.92. The zero-order valence-electron chi connectivity index (χ0n) is 6.18. The van der Waals surface area contributed by atoms with Crippen LogP contribution in [0.2, 0.25) is 0 Å². The summed E-state index contributed by atoms with van der Waals surface area (Å²) < 4.78 is 1.04. The van der Waals surface area contributed by atoms with E-state index in [2.05, 4.69) is 14.0 Å². The highest BCUT2D eigenvalue weighted by atomic mass is 32.1. The van der Waals surface area contributed by atoms with E-state index in [0.29, 0.717) is 0 Å². The quantitative estimate of drug-likeness (QED) is 0.367. The van der Waals surface area contributed by atoms with E-state index in [-0.39, 0.29) is 0 Å². The van der Waals surface area contributed by atoms with Gasteiger partial charge in [0.15, 0.2) is 4.99 Å². The molecule has 1 nitrogen and oxygen atoms in total. The molecule has 0 unspecified atom stereocenters. The van der Waals surface area contributed by atoms with Crippen LogP contribution in [-0.4, -0.2) is 29.6 Å². The topological polar surface area (TPSA) is 0 Å². The first-order chi connectivity index (χ1) is 4.15. The van der Waals surface area contributed by atoms with E-state index in [1.807, 2.05) is 0 Å². The second-order valence-electron chi connectivity index (χ2n) is 3.07. The van der Waals surface area contributed by atoms with E-state index < -0.39 is 0 Å². The van der Waals surface area contributed by atoms with Crippen molar-refractivity contribution in [2.45, 2.75) is 19.8 Å². The van der Waals surface area contributed by atoms with Crippen molar-refractivity contribution >= 4 is 17.2 Å². The SMILES string of the molecule is CC(=S)[N+]1(C)CCCC1. The number of thiocarbonyl (C=S) groups is 1. The Morgan fingerprint density at radius 3 is 2.00 bits per heavy atom. The van der Waals surface area contributed by atoms with Crippen molar-refractivity contribution in [3.8, 4) is 0 Å². The molecule has 2 heteroatoms. The van der Waals surface area contributed by atoms with Gasteiger partial charge in [0.05, 0.1) is 20.1 Å². The van der Waals surface area contributed by atoms with Gasteiger partial charge in [-0.1, -0.05) is 0 Å². The molecule has 0 N–H and O–H groups in total. The van der Waals surface area contributed by atoms with Gasteiger partial charge in [-0.15, -0.1) is 0 Å². The Morgan fingerprint density at radius 1 is 1.33 bits per heavy atom. The molecule has 0 aromatic rings. The molecule has 0 radical (unpaired) electrons. The average molecular weight is 144 g/mol. The van der Waals surface area contributed by atoms with E-state index in [0.717, 1.165) is 9.47 Å². The van der Waals surface area contributed by atoms with Gasteiger partial charge in [0.2, 0.25) is 0 Å². The van der Waals surface area contributed by atoms with Gasteiger partial charge in [-0.2, -0.15) is 0 Å². The molecule has 0 aromatic heterocycles. The summed E-state index contributed by atoms with van der Waals surface area (Å²) in [6, 6.07) is 0. The summed E-state index contributed by atoms with van der Waals surface area (Å²) in [5.74, 6) is 0. The van der Waals surface area contributed by atoms with Crippen LogP contribution in [0, 0.1) is 0 Å². The molecule has 0 atom stereocenters. The summed E-state index contributed by atoms with van der Waals surface area (Å²) in [5, 5.41) is 0. The highest BCUT2D eigenvalue weighted by Gasteiger charge is 2.28. The van der Waals surface area contributed by atoms with Crippen molar-refractivity contribution in [2.75, 3.05) is 20.1 Å². The Kier molecular flexibility index (Phi) is 1.87. The minimum absolute atomic E-state index is 1.04. The van der Waals surface area contributed by atoms with Crippen LogP contribution < -0.4 is 0 Å². The molecule has 1 rings (SSSR count). The van der Waals surface area contributed by atoms with Crippen LogP contribution in [0.25, 0.3) is 0 Å². The fraction of sp³-hybridized carbons (Fsp3) is 0.857.